The van der Waals surface area contributed by atoms with Gasteiger partial charge in [-0.2, -0.15) is 4.89 Å². The van der Waals surface area contributed by atoms with Crippen molar-refractivity contribution < 1.29 is 34.1 Å². The molecule has 2 unspecified atom stereocenters. The smallest absolute Gasteiger partial charge is 0.307 e. The number of quaternary nitrogens is 1. The predicted molar refractivity (Wildman–Crippen MR) is 134 cm³/mol. The van der Waals surface area contributed by atoms with Gasteiger partial charge in [0, 0.05) is 6.42 Å². The van der Waals surface area contributed by atoms with E-state index < -0.39 is 18.2 Å². The molecule has 1 radical (unpaired) electrons. The Hall–Kier alpha value is -2.22. The van der Waals surface area contributed by atoms with E-state index in [1.165, 1.54) is 19.3 Å². The maximum atomic E-state index is 12.0. The Balaban J connectivity index is 4.08. The number of hydrogen-bond donors (Lipinski definition) is 1. The summed E-state index contributed by atoms with van der Waals surface area (Å²) in [5.74, 6) is -1.33. The van der Waals surface area contributed by atoms with Crippen molar-refractivity contribution in [3.8, 4) is 0 Å². The van der Waals surface area contributed by atoms with Gasteiger partial charge >= 0.3 is 11.9 Å². The third-order valence-electron chi connectivity index (χ3n) is 4.85. The van der Waals surface area contributed by atoms with Gasteiger partial charge in [0.15, 0.2) is 6.10 Å². The number of unbranched alkanes of at least 4 members (excludes halogenated alkanes) is 4. The molecule has 0 spiro atoms. The van der Waals surface area contributed by atoms with Crippen molar-refractivity contribution >= 4 is 11.9 Å². The van der Waals surface area contributed by atoms with Gasteiger partial charge in [0.1, 0.15) is 12.6 Å². The number of esters is 1. The van der Waals surface area contributed by atoms with Gasteiger partial charge in [-0.15, -0.1) is 0 Å². The van der Waals surface area contributed by atoms with Crippen LogP contribution in [0.3, 0.4) is 0 Å². The van der Waals surface area contributed by atoms with Crippen molar-refractivity contribution in [2.75, 3.05) is 27.7 Å². The summed E-state index contributed by atoms with van der Waals surface area (Å²) in [7, 11) is 5.79. The standard InChI is InChI=1S/C27H44NO6/c1-5-6-7-8-10-13-16-19-24(34-32)20-17-14-11-9-12-15-18-21-27(31)33-25(22-26(29)30)23-28(2,3)4/h9-10,12-14,16-17,19,24-25H,5-8,11,15,18,20-23H2,1-4H3/p+1/b12-9+,13-10+,17-14+,19-16+. The molecule has 1 N–H and O–H groups in total. The van der Waals surface area contributed by atoms with E-state index in [-0.39, 0.29) is 18.8 Å². The van der Waals surface area contributed by atoms with E-state index in [1.807, 2.05) is 57.6 Å². The molecule has 7 nitrogen and oxygen atoms in total. The second-order valence-electron chi connectivity index (χ2n) is 9.43. The molecule has 0 aliphatic carbocycles. The van der Waals surface area contributed by atoms with Crippen molar-refractivity contribution in [2.24, 2.45) is 0 Å². The lowest BCUT2D eigenvalue weighted by molar-refractivity contribution is -0.873. The highest BCUT2D eigenvalue weighted by atomic mass is 17.1. The minimum Gasteiger partial charge on any atom is -0.481 e. The fourth-order valence-corrected chi connectivity index (χ4v) is 3.20. The van der Waals surface area contributed by atoms with E-state index in [1.54, 1.807) is 6.08 Å². The highest BCUT2D eigenvalue weighted by Crippen LogP contribution is 2.09. The molecule has 2 atom stereocenters. The molecule has 34 heavy (non-hydrogen) atoms. The number of allylic oxidation sites excluding steroid dienone is 6. The number of hydrogen-bond acceptors (Lipinski definition) is 4. The molecule has 193 valence electrons. The number of rotatable bonds is 20. The summed E-state index contributed by atoms with van der Waals surface area (Å²) in [5, 5.41) is 19.8. The number of carbonyl (C=O) groups is 2. The van der Waals surface area contributed by atoms with Gasteiger partial charge < -0.3 is 14.3 Å². The van der Waals surface area contributed by atoms with Gasteiger partial charge in [-0.1, -0.05) is 68.4 Å². The minimum atomic E-state index is -0.971. The lowest BCUT2D eigenvalue weighted by atomic mass is 10.2. The zero-order valence-corrected chi connectivity index (χ0v) is 21.5. The second kappa shape index (κ2) is 20.2. The monoisotopic (exact) mass is 479 g/mol. The molecule has 0 heterocycles. The summed E-state index contributed by atoms with van der Waals surface area (Å²) in [5.41, 5.74) is 0. The van der Waals surface area contributed by atoms with Crippen molar-refractivity contribution in [2.45, 2.75) is 83.3 Å². The number of carboxylic acids is 1. The predicted octanol–water partition coefficient (Wildman–Crippen LogP) is 5.57. The number of carbonyl (C=O) groups excluding carboxylic acids is 1. The van der Waals surface area contributed by atoms with Crippen LogP contribution >= 0.6 is 0 Å². The molecule has 0 aliphatic heterocycles. The van der Waals surface area contributed by atoms with Gasteiger partial charge in [0.2, 0.25) is 0 Å². The molecule has 0 rings (SSSR count). The Morgan fingerprint density at radius 1 is 0.941 bits per heavy atom. The van der Waals surface area contributed by atoms with Gasteiger partial charge in [-0.25, -0.2) is 0 Å². The van der Waals surface area contributed by atoms with E-state index in [0.29, 0.717) is 23.9 Å². The molecule has 0 aliphatic rings. The maximum Gasteiger partial charge on any atom is 0.307 e. The lowest BCUT2D eigenvalue weighted by Crippen LogP contribution is -2.43. The number of carboxylic acid groups (broad SMARTS) is 1. The van der Waals surface area contributed by atoms with E-state index in [4.69, 9.17) is 9.84 Å². The quantitative estimate of drug-likeness (QED) is 0.0469. The number of aliphatic carboxylic acids is 1. The van der Waals surface area contributed by atoms with Crippen LogP contribution in [-0.2, 0) is 24.5 Å². The van der Waals surface area contributed by atoms with Crippen LogP contribution in [-0.4, -0.2) is 61.4 Å². The number of nitrogens with zero attached hydrogens (tertiary/aromatic N) is 1. The average Bonchev–Trinajstić information content (AvgIpc) is 2.74. The van der Waals surface area contributed by atoms with E-state index >= 15 is 0 Å². The van der Waals surface area contributed by atoms with Gasteiger partial charge in [-0.3, -0.25) is 9.59 Å². The minimum absolute atomic E-state index is 0.183. The summed E-state index contributed by atoms with van der Waals surface area (Å²) in [4.78, 5) is 27.3. The SMILES string of the molecule is CCCCC/C=C/C=C/C(C/C=C/C/C=C/CCCC(=O)OC(CC(=O)O)C[N+](C)(C)C)O[O]. The number of ether oxygens (including phenoxy) is 1. The van der Waals surface area contributed by atoms with Crippen LogP contribution in [0, 0.1) is 0 Å². The highest BCUT2D eigenvalue weighted by molar-refractivity contribution is 5.71. The molecule has 0 bridgehead atoms. The first kappa shape index (κ1) is 31.8. The second-order valence-corrected chi connectivity index (χ2v) is 9.43. The Kier molecular flexibility index (Phi) is 18.9. The molecule has 0 saturated heterocycles. The van der Waals surface area contributed by atoms with Crippen LogP contribution in [0.25, 0.3) is 0 Å². The Morgan fingerprint density at radius 3 is 2.29 bits per heavy atom. The fraction of sp³-hybridized carbons (Fsp3) is 0.630. The normalized spacial score (nSPS) is 14.5. The fourth-order valence-electron chi connectivity index (χ4n) is 3.20. The summed E-state index contributed by atoms with van der Waals surface area (Å²) in [6, 6.07) is 0. The Morgan fingerprint density at radius 2 is 1.65 bits per heavy atom. The van der Waals surface area contributed by atoms with Crippen molar-refractivity contribution in [3.05, 3.63) is 48.6 Å². The molecule has 0 aromatic rings. The Bertz CT molecular complexity index is 661. The van der Waals surface area contributed by atoms with Crippen LogP contribution in [0.1, 0.15) is 71.1 Å². The molecular formula is C27H45NO6+. The summed E-state index contributed by atoms with van der Waals surface area (Å²) in [6.07, 6.45) is 21.9. The van der Waals surface area contributed by atoms with Crippen molar-refractivity contribution in [1.29, 1.82) is 0 Å². The molecule has 0 aromatic carbocycles. The maximum absolute atomic E-state index is 12.0. The van der Waals surface area contributed by atoms with E-state index in [9.17, 15) is 14.8 Å². The van der Waals surface area contributed by atoms with Crippen LogP contribution < -0.4 is 0 Å². The van der Waals surface area contributed by atoms with Crippen molar-refractivity contribution in [1.82, 2.24) is 0 Å². The molecule has 0 saturated carbocycles. The number of likely N-dealkylation sites (N-methyl/N-ethyl adjacent to an activating group) is 1. The van der Waals surface area contributed by atoms with Gasteiger partial charge in [-0.05, 0) is 43.8 Å². The van der Waals surface area contributed by atoms with Gasteiger partial charge in [0.25, 0.3) is 0 Å². The highest BCUT2D eigenvalue weighted by Gasteiger charge is 2.24. The van der Waals surface area contributed by atoms with E-state index in [0.717, 1.165) is 19.3 Å². The Labute approximate surface area is 206 Å². The van der Waals surface area contributed by atoms with Crippen LogP contribution in [0.15, 0.2) is 48.6 Å². The first-order valence-corrected chi connectivity index (χ1v) is 12.3. The molecule has 7 heteroatoms. The van der Waals surface area contributed by atoms with Crippen LogP contribution in [0.2, 0.25) is 0 Å². The average molecular weight is 480 g/mol. The van der Waals surface area contributed by atoms with E-state index in [2.05, 4.69) is 17.9 Å². The zero-order valence-electron chi connectivity index (χ0n) is 21.5. The summed E-state index contributed by atoms with van der Waals surface area (Å²) in [6.45, 7) is 2.63. The first-order chi connectivity index (χ1) is 16.2. The summed E-state index contributed by atoms with van der Waals surface area (Å²) < 4.78 is 5.89. The van der Waals surface area contributed by atoms with Gasteiger partial charge in [0.05, 0.1) is 27.6 Å². The summed E-state index contributed by atoms with van der Waals surface area (Å²) >= 11 is 0. The topological polar surface area (TPSA) is 92.7 Å². The first-order valence-electron chi connectivity index (χ1n) is 12.3. The molecule has 0 aromatic heterocycles. The van der Waals surface area contributed by atoms with Crippen molar-refractivity contribution in [3.63, 3.8) is 0 Å². The molecule has 0 fully saturated rings. The zero-order chi connectivity index (χ0) is 25.7. The third-order valence-corrected chi connectivity index (χ3v) is 4.85. The van der Waals surface area contributed by atoms with Crippen LogP contribution in [0.4, 0.5) is 0 Å². The lowest BCUT2D eigenvalue weighted by Gasteiger charge is -2.28. The van der Waals surface area contributed by atoms with Crippen LogP contribution in [0.5, 0.6) is 0 Å². The largest absolute Gasteiger partial charge is 0.481 e. The molecular weight excluding hydrogens is 434 g/mol. The molecule has 0 amide bonds. The third kappa shape index (κ3) is 21.6.